The Morgan fingerprint density at radius 2 is 1.87 bits per heavy atom. The van der Waals surface area contributed by atoms with E-state index in [-0.39, 0.29) is 24.0 Å². The molecule has 1 saturated heterocycles. The summed E-state index contributed by atoms with van der Waals surface area (Å²) in [5, 5.41) is 0. The Bertz CT molecular complexity index is 819. The third-order valence-electron chi connectivity index (χ3n) is 3.98. The van der Waals surface area contributed by atoms with Crippen LogP contribution in [0.5, 0.6) is 0 Å². The molecule has 1 atom stereocenters. The molecular formula is C17H18N2O3S. The molecule has 0 N–H and O–H groups in total. The van der Waals surface area contributed by atoms with Gasteiger partial charge in [-0.25, -0.2) is 13.4 Å². The van der Waals surface area contributed by atoms with Crippen LogP contribution in [0.25, 0.3) is 0 Å². The van der Waals surface area contributed by atoms with Crippen LogP contribution in [0.3, 0.4) is 0 Å². The van der Waals surface area contributed by atoms with Gasteiger partial charge in [-0.1, -0.05) is 36.4 Å². The molecule has 0 spiro atoms. The van der Waals surface area contributed by atoms with Gasteiger partial charge in [-0.2, -0.15) is 0 Å². The van der Waals surface area contributed by atoms with E-state index in [0.717, 1.165) is 11.3 Å². The van der Waals surface area contributed by atoms with Gasteiger partial charge in [0, 0.05) is 12.2 Å². The largest absolute Gasteiger partial charge is 0.328 e. The second-order valence-electron chi connectivity index (χ2n) is 5.70. The number of aryl methyl sites for hydroxylation is 1. The van der Waals surface area contributed by atoms with Gasteiger partial charge in [-0.15, -0.1) is 0 Å². The molecule has 0 radical (unpaired) electrons. The van der Waals surface area contributed by atoms with E-state index in [1.54, 1.807) is 17.0 Å². The average Bonchev–Trinajstić information content (AvgIpc) is 2.54. The summed E-state index contributed by atoms with van der Waals surface area (Å²) in [6.07, 6.45) is 0. The topological polar surface area (TPSA) is 67.3 Å². The maximum Gasteiger partial charge on any atom is 0.273 e. The van der Waals surface area contributed by atoms with E-state index in [0.29, 0.717) is 5.69 Å². The molecule has 1 fully saturated rings. The number of aromatic nitrogens is 1. The van der Waals surface area contributed by atoms with E-state index in [4.69, 9.17) is 0 Å². The quantitative estimate of drug-likeness (QED) is 0.845. The van der Waals surface area contributed by atoms with Crippen molar-refractivity contribution < 1.29 is 13.2 Å². The van der Waals surface area contributed by atoms with Gasteiger partial charge in [0.05, 0.1) is 17.5 Å². The van der Waals surface area contributed by atoms with Crippen molar-refractivity contribution in [2.45, 2.75) is 13.0 Å². The summed E-state index contributed by atoms with van der Waals surface area (Å²) in [7, 11) is -3.15. The number of pyridine rings is 1. The van der Waals surface area contributed by atoms with Crippen molar-refractivity contribution in [1.29, 1.82) is 0 Å². The molecule has 1 aromatic carbocycles. The van der Waals surface area contributed by atoms with Crippen LogP contribution in [0.2, 0.25) is 0 Å². The molecule has 2 aromatic rings. The summed E-state index contributed by atoms with van der Waals surface area (Å²) < 4.78 is 24.1. The summed E-state index contributed by atoms with van der Waals surface area (Å²) in [6, 6.07) is 14.1. The number of amides is 1. The lowest BCUT2D eigenvalue weighted by atomic mass is 10.1. The second-order valence-corrected chi connectivity index (χ2v) is 7.93. The molecule has 1 aliphatic rings. The Hall–Kier alpha value is -2.21. The van der Waals surface area contributed by atoms with Gasteiger partial charge >= 0.3 is 0 Å². The predicted molar refractivity (Wildman–Crippen MR) is 87.8 cm³/mol. The first kappa shape index (κ1) is 15.7. The van der Waals surface area contributed by atoms with Gasteiger partial charge < -0.3 is 4.90 Å². The smallest absolute Gasteiger partial charge is 0.273 e. The lowest BCUT2D eigenvalue weighted by Crippen LogP contribution is -2.46. The minimum atomic E-state index is -3.15. The lowest BCUT2D eigenvalue weighted by Gasteiger charge is -2.35. The summed E-state index contributed by atoms with van der Waals surface area (Å²) in [5.74, 6) is -0.278. The van der Waals surface area contributed by atoms with Gasteiger partial charge in [0.25, 0.3) is 5.91 Å². The normalized spacial score (nSPS) is 20.2. The molecular weight excluding hydrogens is 312 g/mol. The highest BCUT2D eigenvalue weighted by Crippen LogP contribution is 2.28. The Balaban J connectivity index is 1.97. The number of nitrogens with zero attached hydrogens (tertiary/aromatic N) is 2. The second kappa shape index (κ2) is 6.12. The molecule has 5 nitrogen and oxygen atoms in total. The van der Waals surface area contributed by atoms with Gasteiger partial charge in [0.2, 0.25) is 0 Å². The van der Waals surface area contributed by atoms with Crippen LogP contribution in [0.4, 0.5) is 0 Å². The molecule has 6 heteroatoms. The number of carbonyl (C=O) groups is 1. The molecule has 1 aromatic heterocycles. The third-order valence-corrected chi connectivity index (χ3v) is 5.61. The van der Waals surface area contributed by atoms with E-state index in [1.807, 2.05) is 43.3 Å². The van der Waals surface area contributed by atoms with Gasteiger partial charge in [0.1, 0.15) is 5.69 Å². The number of rotatable bonds is 2. The number of hydrogen-bond acceptors (Lipinski definition) is 4. The fraction of sp³-hybridized carbons (Fsp3) is 0.294. The minimum absolute atomic E-state index is 0.00606. The summed E-state index contributed by atoms with van der Waals surface area (Å²) >= 11 is 0. The highest BCUT2D eigenvalue weighted by molar-refractivity contribution is 7.91. The molecule has 1 aliphatic heterocycles. The molecule has 3 rings (SSSR count). The molecule has 0 saturated carbocycles. The van der Waals surface area contributed by atoms with Crippen molar-refractivity contribution in [2.24, 2.45) is 0 Å². The number of hydrogen-bond donors (Lipinski definition) is 0. The lowest BCUT2D eigenvalue weighted by molar-refractivity contribution is 0.0691. The molecule has 0 unspecified atom stereocenters. The van der Waals surface area contributed by atoms with Crippen LogP contribution in [0.1, 0.15) is 27.8 Å². The summed E-state index contributed by atoms with van der Waals surface area (Å²) in [4.78, 5) is 18.7. The Kier molecular flexibility index (Phi) is 4.17. The standard InChI is InChI=1S/C17H18N2O3S/c1-13-6-5-9-15(18-13)17(20)19-10-11-23(21,22)12-16(19)14-7-3-2-4-8-14/h2-9,16H,10-12H2,1H3/t16-/m1/s1. The van der Waals surface area contributed by atoms with Crippen molar-refractivity contribution in [1.82, 2.24) is 9.88 Å². The third kappa shape index (κ3) is 3.42. The first-order chi connectivity index (χ1) is 11.0. The molecule has 120 valence electrons. The van der Waals surface area contributed by atoms with E-state index in [1.165, 1.54) is 0 Å². The minimum Gasteiger partial charge on any atom is -0.328 e. The number of sulfone groups is 1. The van der Waals surface area contributed by atoms with Crippen molar-refractivity contribution in [3.63, 3.8) is 0 Å². The van der Waals surface area contributed by atoms with Crippen molar-refractivity contribution in [3.8, 4) is 0 Å². The van der Waals surface area contributed by atoms with E-state index in [2.05, 4.69) is 4.98 Å². The summed E-state index contributed by atoms with van der Waals surface area (Å²) in [5.41, 5.74) is 1.94. The van der Waals surface area contributed by atoms with Crippen LogP contribution < -0.4 is 0 Å². The number of benzene rings is 1. The first-order valence-electron chi connectivity index (χ1n) is 7.46. The van der Waals surface area contributed by atoms with Gasteiger partial charge in [-0.3, -0.25) is 4.79 Å². The van der Waals surface area contributed by atoms with E-state index in [9.17, 15) is 13.2 Å². The SMILES string of the molecule is Cc1cccc(C(=O)N2CCS(=O)(=O)C[C@@H]2c2ccccc2)n1. The zero-order chi connectivity index (χ0) is 16.4. The van der Waals surface area contributed by atoms with Crippen molar-refractivity contribution >= 4 is 15.7 Å². The molecule has 1 amide bonds. The predicted octanol–water partition coefficient (Wildman–Crippen LogP) is 2.00. The monoisotopic (exact) mass is 330 g/mol. The van der Waals surface area contributed by atoms with E-state index >= 15 is 0 Å². The fourth-order valence-electron chi connectivity index (χ4n) is 2.81. The van der Waals surface area contributed by atoms with Crippen molar-refractivity contribution in [2.75, 3.05) is 18.1 Å². The van der Waals surface area contributed by atoms with Crippen LogP contribution in [0, 0.1) is 6.92 Å². The van der Waals surface area contributed by atoms with Gasteiger partial charge in [-0.05, 0) is 24.6 Å². The average molecular weight is 330 g/mol. The van der Waals surface area contributed by atoms with Crippen LogP contribution >= 0.6 is 0 Å². The molecule has 2 heterocycles. The highest BCUT2D eigenvalue weighted by Gasteiger charge is 2.35. The van der Waals surface area contributed by atoms with Crippen molar-refractivity contribution in [3.05, 3.63) is 65.5 Å². The fourth-order valence-corrected chi connectivity index (χ4v) is 4.31. The highest BCUT2D eigenvalue weighted by atomic mass is 32.2. The Labute approximate surface area is 135 Å². The van der Waals surface area contributed by atoms with Crippen LogP contribution in [-0.2, 0) is 9.84 Å². The number of carbonyl (C=O) groups excluding carboxylic acids is 1. The Morgan fingerprint density at radius 3 is 2.57 bits per heavy atom. The zero-order valence-corrected chi connectivity index (χ0v) is 13.7. The molecule has 23 heavy (non-hydrogen) atoms. The molecule has 0 aliphatic carbocycles. The van der Waals surface area contributed by atoms with Crippen LogP contribution in [0.15, 0.2) is 48.5 Å². The van der Waals surface area contributed by atoms with Crippen LogP contribution in [-0.4, -0.2) is 42.3 Å². The van der Waals surface area contributed by atoms with E-state index < -0.39 is 15.9 Å². The first-order valence-corrected chi connectivity index (χ1v) is 9.28. The maximum absolute atomic E-state index is 12.8. The zero-order valence-electron chi connectivity index (χ0n) is 12.8. The molecule has 0 bridgehead atoms. The Morgan fingerprint density at radius 1 is 1.13 bits per heavy atom. The van der Waals surface area contributed by atoms with Gasteiger partial charge in [0.15, 0.2) is 9.84 Å². The maximum atomic E-state index is 12.8. The summed E-state index contributed by atoms with van der Waals surface area (Å²) in [6.45, 7) is 2.02.